The summed E-state index contributed by atoms with van der Waals surface area (Å²) in [6, 6.07) is 0.928. The van der Waals surface area contributed by atoms with E-state index in [4.69, 9.17) is 0 Å². The molecule has 13 heavy (non-hydrogen) atoms. The van der Waals surface area contributed by atoms with Crippen molar-refractivity contribution in [2.75, 3.05) is 0 Å². The van der Waals surface area contributed by atoms with Crippen LogP contribution in [0.2, 0.25) is 0 Å². The van der Waals surface area contributed by atoms with Gasteiger partial charge in [0.2, 0.25) is 5.56 Å². The Morgan fingerprint density at radius 1 is 1.46 bits per heavy atom. The van der Waals surface area contributed by atoms with Gasteiger partial charge in [-0.1, -0.05) is 0 Å². The lowest BCUT2D eigenvalue weighted by Crippen LogP contribution is -2.15. The Morgan fingerprint density at radius 3 is 2.62 bits per heavy atom. The quantitative estimate of drug-likeness (QED) is 0.821. The van der Waals surface area contributed by atoms with Gasteiger partial charge in [-0.05, 0) is 21.5 Å². The van der Waals surface area contributed by atoms with Crippen LogP contribution in [-0.2, 0) is 6.42 Å². The number of alkyl halides is 3. The molecule has 1 aromatic heterocycles. The Morgan fingerprint density at radius 2 is 2.08 bits per heavy atom. The first-order valence-electron chi connectivity index (χ1n) is 3.32. The molecule has 6 heteroatoms. The molecule has 0 aliphatic heterocycles. The minimum Gasteiger partial charge on any atom is -0.328 e. The summed E-state index contributed by atoms with van der Waals surface area (Å²) in [5, 5.41) is 0. The average molecular weight is 256 g/mol. The first-order chi connectivity index (χ1) is 5.88. The third kappa shape index (κ3) is 3.22. The van der Waals surface area contributed by atoms with E-state index >= 15 is 0 Å². The van der Waals surface area contributed by atoms with Crippen molar-refractivity contribution in [2.45, 2.75) is 12.6 Å². The summed E-state index contributed by atoms with van der Waals surface area (Å²) in [5.74, 6) is 0. The maximum atomic E-state index is 11.9. The van der Waals surface area contributed by atoms with Gasteiger partial charge in [0.1, 0.15) is 0 Å². The maximum Gasteiger partial charge on any atom is 0.393 e. The van der Waals surface area contributed by atoms with Crippen molar-refractivity contribution in [3.8, 4) is 0 Å². The summed E-state index contributed by atoms with van der Waals surface area (Å²) >= 11 is 2.91. The lowest BCUT2D eigenvalue weighted by atomic mass is 10.2. The van der Waals surface area contributed by atoms with Crippen molar-refractivity contribution >= 4 is 15.9 Å². The lowest BCUT2D eigenvalue weighted by molar-refractivity contribution is -0.127. The van der Waals surface area contributed by atoms with E-state index in [1.807, 2.05) is 0 Å². The normalized spacial score (nSPS) is 11.7. The molecule has 0 fully saturated rings. The predicted molar refractivity (Wildman–Crippen MR) is 44.5 cm³/mol. The van der Waals surface area contributed by atoms with Crippen LogP contribution in [0.5, 0.6) is 0 Å². The van der Waals surface area contributed by atoms with E-state index in [0.717, 1.165) is 6.07 Å². The smallest absolute Gasteiger partial charge is 0.328 e. The highest BCUT2D eigenvalue weighted by Gasteiger charge is 2.28. The van der Waals surface area contributed by atoms with Crippen LogP contribution in [0.3, 0.4) is 0 Å². The summed E-state index contributed by atoms with van der Waals surface area (Å²) in [5.41, 5.74) is -0.598. The van der Waals surface area contributed by atoms with Crippen LogP contribution in [0.1, 0.15) is 5.56 Å². The number of hydrogen-bond donors (Lipinski definition) is 1. The Kier molecular flexibility index (Phi) is 2.80. The fourth-order valence-electron chi connectivity index (χ4n) is 0.847. The molecule has 1 aromatic rings. The van der Waals surface area contributed by atoms with Crippen molar-refractivity contribution in [1.82, 2.24) is 4.98 Å². The van der Waals surface area contributed by atoms with Gasteiger partial charge in [0.25, 0.3) is 0 Å². The van der Waals surface area contributed by atoms with E-state index in [0.29, 0.717) is 0 Å². The third-order valence-electron chi connectivity index (χ3n) is 1.34. The largest absolute Gasteiger partial charge is 0.393 e. The number of rotatable bonds is 1. The predicted octanol–water partition coefficient (Wildman–Crippen LogP) is 2.24. The highest BCUT2D eigenvalue weighted by molar-refractivity contribution is 9.10. The number of H-pyrrole nitrogens is 1. The summed E-state index contributed by atoms with van der Waals surface area (Å²) in [6.07, 6.45) is -4.20. The fraction of sp³-hybridized carbons (Fsp3) is 0.286. The van der Waals surface area contributed by atoms with Gasteiger partial charge in [-0.25, -0.2) is 0 Å². The molecule has 0 bridgehead atoms. The second kappa shape index (κ2) is 3.53. The molecule has 1 rings (SSSR count). The van der Waals surface area contributed by atoms with Gasteiger partial charge in [-0.15, -0.1) is 0 Å². The zero-order valence-electron chi connectivity index (χ0n) is 6.28. The molecule has 0 spiro atoms. The molecular weight excluding hydrogens is 251 g/mol. The zero-order chi connectivity index (χ0) is 10.1. The van der Waals surface area contributed by atoms with Crippen LogP contribution in [0.15, 0.2) is 21.5 Å². The number of pyridine rings is 1. The number of halogens is 4. The van der Waals surface area contributed by atoms with Crippen LogP contribution in [0.25, 0.3) is 0 Å². The third-order valence-corrected chi connectivity index (χ3v) is 2.08. The SMILES string of the molecule is O=c1cc(CC(F)(F)F)c(Br)c[nH]1. The van der Waals surface area contributed by atoms with Crippen LogP contribution < -0.4 is 5.56 Å². The standard InChI is InChI=1S/C7H5BrF3NO/c8-5-3-12-6(13)1-4(5)2-7(9,10)11/h1,3H,2H2,(H,12,13). The van der Waals surface area contributed by atoms with Crippen LogP contribution in [0, 0.1) is 0 Å². The first-order valence-corrected chi connectivity index (χ1v) is 4.11. The minimum atomic E-state index is -4.30. The second-order valence-corrected chi connectivity index (χ2v) is 3.32. The number of aromatic amines is 1. The molecule has 0 saturated heterocycles. The van der Waals surface area contributed by atoms with Gasteiger partial charge in [0, 0.05) is 16.7 Å². The minimum absolute atomic E-state index is 0.0590. The highest BCUT2D eigenvalue weighted by Crippen LogP contribution is 2.24. The van der Waals surface area contributed by atoms with E-state index < -0.39 is 18.2 Å². The van der Waals surface area contributed by atoms with Gasteiger partial charge in [-0.3, -0.25) is 4.79 Å². The molecule has 0 atom stereocenters. The molecule has 0 aromatic carbocycles. The molecule has 0 aliphatic rings. The Bertz CT molecular complexity index is 357. The van der Waals surface area contributed by atoms with E-state index in [2.05, 4.69) is 20.9 Å². The second-order valence-electron chi connectivity index (χ2n) is 2.46. The summed E-state index contributed by atoms with van der Waals surface area (Å²) in [7, 11) is 0. The summed E-state index contributed by atoms with van der Waals surface area (Å²) in [4.78, 5) is 12.9. The van der Waals surface area contributed by atoms with Gasteiger partial charge in [0.15, 0.2) is 0 Å². The topological polar surface area (TPSA) is 32.9 Å². The van der Waals surface area contributed by atoms with Gasteiger partial charge < -0.3 is 4.98 Å². The van der Waals surface area contributed by atoms with Crippen molar-refractivity contribution < 1.29 is 13.2 Å². The van der Waals surface area contributed by atoms with Crippen molar-refractivity contribution in [3.05, 3.63) is 32.7 Å². The number of nitrogens with one attached hydrogen (secondary N) is 1. The molecule has 1 heterocycles. The summed E-state index contributed by atoms with van der Waals surface area (Å²) < 4.78 is 36.0. The molecule has 2 nitrogen and oxygen atoms in total. The molecule has 0 unspecified atom stereocenters. The zero-order valence-corrected chi connectivity index (χ0v) is 7.87. The average Bonchev–Trinajstić information content (AvgIpc) is 1.94. The first kappa shape index (κ1) is 10.3. The van der Waals surface area contributed by atoms with Gasteiger partial charge in [0.05, 0.1) is 6.42 Å². The Labute approximate surface area is 79.9 Å². The monoisotopic (exact) mass is 255 g/mol. The molecule has 0 radical (unpaired) electrons. The van der Waals surface area contributed by atoms with Crippen molar-refractivity contribution in [2.24, 2.45) is 0 Å². The van der Waals surface area contributed by atoms with Crippen molar-refractivity contribution in [3.63, 3.8) is 0 Å². The van der Waals surface area contributed by atoms with E-state index in [9.17, 15) is 18.0 Å². The highest BCUT2D eigenvalue weighted by atomic mass is 79.9. The van der Waals surface area contributed by atoms with Crippen molar-refractivity contribution in [1.29, 1.82) is 0 Å². The van der Waals surface area contributed by atoms with Crippen LogP contribution in [-0.4, -0.2) is 11.2 Å². The van der Waals surface area contributed by atoms with Gasteiger partial charge >= 0.3 is 6.18 Å². The fourth-order valence-corrected chi connectivity index (χ4v) is 1.22. The molecule has 0 aliphatic carbocycles. The molecule has 1 N–H and O–H groups in total. The number of aromatic nitrogens is 1. The molecule has 0 amide bonds. The molecule has 0 saturated carbocycles. The van der Waals surface area contributed by atoms with E-state index in [1.54, 1.807) is 0 Å². The number of hydrogen-bond acceptors (Lipinski definition) is 1. The maximum absolute atomic E-state index is 11.9. The Balaban J connectivity index is 3.01. The van der Waals surface area contributed by atoms with E-state index in [1.165, 1.54) is 6.20 Å². The van der Waals surface area contributed by atoms with E-state index in [-0.39, 0.29) is 10.0 Å². The lowest BCUT2D eigenvalue weighted by Gasteiger charge is -2.06. The Hall–Kier alpha value is -0.780. The van der Waals surface area contributed by atoms with Crippen LogP contribution in [0.4, 0.5) is 13.2 Å². The molecular formula is C7H5BrF3NO. The van der Waals surface area contributed by atoms with Crippen LogP contribution >= 0.6 is 15.9 Å². The summed E-state index contributed by atoms with van der Waals surface area (Å²) in [6.45, 7) is 0. The van der Waals surface area contributed by atoms with Gasteiger partial charge in [-0.2, -0.15) is 13.2 Å². The molecule has 72 valence electrons.